The van der Waals surface area contributed by atoms with E-state index in [1.54, 1.807) is 55.0 Å². The van der Waals surface area contributed by atoms with E-state index in [0.717, 1.165) is 26.2 Å². The number of nitrogens with zero attached hydrogens (tertiary/aromatic N) is 8. The predicted molar refractivity (Wildman–Crippen MR) is 259 cm³/mol. The van der Waals surface area contributed by atoms with Crippen LogP contribution < -0.4 is 30.0 Å². The highest BCUT2D eigenvalue weighted by Gasteiger charge is 2.32. The third-order valence-electron chi connectivity index (χ3n) is 11.8. The molecule has 1 saturated heterocycles. The molecule has 20 heteroatoms. The fraction of sp³-hybridized carbons (Fsp3) is 0.312. The molecule has 4 bridgehead atoms. The molecule has 4 aromatic heterocycles. The monoisotopic (exact) mass is 980 g/mol. The second kappa shape index (κ2) is 20.5. The lowest BCUT2D eigenvalue weighted by molar-refractivity contribution is -0.145. The number of nitrogens with two attached hydrogens (primary N) is 1. The Morgan fingerprint density at radius 1 is 0.956 bits per heavy atom. The summed E-state index contributed by atoms with van der Waals surface area (Å²) >= 11 is 16.0. The molecule has 1 fully saturated rings. The summed E-state index contributed by atoms with van der Waals surface area (Å²) in [6.45, 7) is 8.75. The van der Waals surface area contributed by atoms with E-state index in [0.29, 0.717) is 108 Å². The van der Waals surface area contributed by atoms with Crippen LogP contribution in [0.3, 0.4) is 0 Å². The summed E-state index contributed by atoms with van der Waals surface area (Å²) in [6.07, 6.45) is 3.98. The topological polar surface area (TPSA) is 196 Å². The van der Waals surface area contributed by atoms with Crippen LogP contribution in [0.1, 0.15) is 22.4 Å². The fourth-order valence-electron chi connectivity index (χ4n) is 8.20. The zero-order valence-electron chi connectivity index (χ0n) is 37.3. The van der Waals surface area contributed by atoms with E-state index in [1.165, 1.54) is 29.8 Å². The Balaban J connectivity index is 1.13. The minimum absolute atomic E-state index is 0.00759. The predicted octanol–water partition coefficient (Wildman–Crippen LogP) is 7.75. The second-order valence-corrected chi connectivity index (χ2v) is 18.3. The molecule has 10 rings (SSSR count). The molecular formula is C48H47Cl2FN10O6S. The summed E-state index contributed by atoms with van der Waals surface area (Å²) < 4.78 is 40.6. The average molecular weight is 982 g/mol. The maximum Gasteiger partial charge on any atom is 0.345 e. The number of hydrogen-bond donors (Lipinski definition) is 3. The van der Waals surface area contributed by atoms with Crippen molar-refractivity contribution in [2.75, 3.05) is 64.8 Å². The Morgan fingerprint density at radius 2 is 1.71 bits per heavy atom. The highest BCUT2D eigenvalue weighted by molar-refractivity contribution is 7.22. The van der Waals surface area contributed by atoms with E-state index >= 15 is 0 Å². The number of ether oxygens (including phenoxy) is 4. The van der Waals surface area contributed by atoms with Crippen molar-refractivity contribution in [2.24, 2.45) is 5.73 Å². The van der Waals surface area contributed by atoms with Gasteiger partial charge in [-0.3, -0.25) is 4.90 Å². The molecule has 0 unspecified atom stereocenters. The summed E-state index contributed by atoms with van der Waals surface area (Å²) in [5.41, 5.74) is 10.4. The molecule has 0 radical (unpaired) electrons. The van der Waals surface area contributed by atoms with Crippen molar-refractivity contribution in [2.45, 2.75) is 39.1 Å². The molecule has 0 saturated carbocycles. The van der Waals surface area contributed by atoms with Crippen molar-refractivity contribution < 1.29 is 33.2 Å². The van der Waals surface area contributed by atoms with Crippen LogP contribution in [-0.4, -0.2) is 122 Å². The highest BCUT2D eigenvalue weighted by Crippen LogP contribution is 2.53. The van der Waals surface area contributed by atoms with Crippen LogP contribution >= 0.6 is 34.5 Å². The molecule has 16 nitrogen and oxygen atoms in total. The zero-order valence-corrected chi connectivity index (χ0v) is 39.7. The molecule has 7 heterocycles. The minimum atomic E-state index is -1.48. The highest BCUT2D eigenvalue weighted by atomic mass is 35.5. The standard InChI is InChI=1S/C48H47Cl2FN10O6S/c1-26-37-27(2)41(50)42(40(26)49)66-34(22-61-16-14-60(3)15-17-61)24-64-33-8-9-35(65-23-32-10-12-53-44(59-32)30-20-55-48(56-21-30)54-13-11-52)29(18-33)19-36(47(62)63)67-45-39-38(37)43(68-46(39)58-25-57-45)28-4-6-31(51)7-5-28/h4-10,12,18,20-21,25,34,36H,11,13-17,19,22-24,52H2,1-3H3,(H,62,63)(H,54,55,56)/t34-,36-/m1/s1. The lowest BCUT2D eigenvalue weighted by Gasteiger charge is -2.35. The molecule has 352 valence electrons. The summed E-state index contributed by atoms with van der Waals surface area (Å²) in [5, 5.41) is 14.9. The van der Waals surface area contributed by atoms with Crippen molar-refractivity contribution in [3.63, 3.8) is 0 Å². The van der Waals surface area contributed by atoms with Crippen molar-refractivity contribution in [3.05, 3.63) is 112 Å². The SMILES string of the molecule is Cc1c(Cl)c2c(Cl)c(C)c1-c1c(-c3ccc(F)cc3)sc3ncnc(c13)O[C@@H](C(=O)O)Cc1cc(ccc1OCc1ccnc(-c3cnc(NCCN)nc3)n1)OC[C@@H](CN1CCN(C)CC1)O2. The van der Waals surface area contributed by atoms with E-state index in [-0.39, 0.29) is 35.6 Å². The van der Waals surface area contributed by atoms with Crippen molar-refractivity contribution in [3.8, 4) is 56.1 Å². The van der Waals surface area contributed by atoms with E-state index in [1.807, 2.05) is 13.8 Å². The number of benzene rings is 3. The zero-order chi connectivity index (χ0) is 47.5. The number of anilines is 1. The van der Waals surface area contributed by atoms with Crippen molar-refractivity contribution >= 4 is 56.7 Å². The molecule has 0 spiro atoms. The van der Waals surface area contributed by atoms with Crippen LogP contribution in [0.15, 0.2) is 73.4 Å². The first-order valence-electron chi connectivity index (χ1n) is 21.9. The summed E-state index contributed by atoms with van der Waals surface area (Å²) in [4.78, 5) is 46.1. The van der Waals surface area contributed by atoms with Gasteiger partial charge in [-0.15, -0.1) is 11.3 Å². The number of hydrogen-bond acceptors (Lipinski definition) is 16. The number of carboxylic acid groups (broad SMARTS) is 1. The number of piperazine rings is 1. The molecule has 0 amide bonds. The van der Waals surface area contributed by atoms with Crippen molar-refractivity contribution in [1.29, 1.82) is 0 Å². The van der Waals surface area contributed by atoms with Crippen LogP contribution in [0.25, 0.3) is 43.2 Å². The van der Waals surface area contributed by atoms with Crippen LogP contribution in [0, 0.1) is 19.7 Å². The average Bonchev–Trinajstić information content (AvgIpc) is 3.73. The number of carbonyl (C=O) groups is 1. The van der Waals surface area contributed by atoms with Gasteiger partial charge in [0, 0.05) is 86.8 Å². The van der Waals surface area contributed by atoms with E-state index in [9.17, 15) is 14.3 Å². The lowest BCUT2D eigenvalue weighted by Crippen LogP contribution is -2.49. The Labute approximate surface area is 405 Å². The Hall–Kier alpha value is -6.28. The van der Waals surface area contributed by atoms with Gasteiger partial charge in [0.05, 0.1) is 26.7 Å². The van der Waals surface area contributed by atoms with E-state index in [2.05, 4.69) is 47.1 Å². The molecular weight excluding hydrogens is 935 g/mol. The van der Waals surface area contributed by atoms with Gasteiger partial charge in [-0.1, -0.05) is 35.3 Å². The third-order valence-corrected chi connectivity index (χ3v) is 13.8. The smallest absolute Gasteiger partial charge is 0.345 e. The Kier molecular flexibility index (Phi) is 14.1. The number of aromatic nitrogens is 6. The number of carboxylic acids is 1. The van der Waals surface area contributed by atoms with Gasteiger partial charge in [0.15, 0.2) is 11.6 Å². The molecule has 68 heavy (non-hydrogen) atoms. The number of nitrogens with one attached hydrogen (secondary N) is 1. The largest absolute Gasteiger partial charge is 0.490 e. The maximum absolute atomic E-state index is 14.4. The molecule has 2 atom stereocenters. The van der Waals surface area contributed by atoms with Crippen LogP contribution in [0.2, 0.25) is 10.0 Å². The minimum Gasteiger partial charge on any atom is -0.490 e. The first-order chi connectivity index (χ1) is 32.9. The quantitative estimate of drug-likeness (QED) is 0.114. The fourth-order valence-corrected chi connectivity index (χ4v) is 9.86. The normalized spacial score (nSPS) is 16.7. The number of likely N-dealkylation sites (N-methyl/N-ethyl adjacent to an activating group) is 1. The van der Waals surface area contributed by atoms with Gasteiger partial charge >= 0.3 is 5.97 Å². The summed E-state index contributed by atoms with van der Waals surface area (Å²) in [5.74, 6) is 0.312. The first-order valence-corrected chi connectivity index (χ1v) is 23.5. The lowest BCUT2D eigenvalue weighted by atomic mass is 9.92. The second-order valence-electron chi connectivity index (χ2n) is 16.5. The van der Waals surface area contributed by atoms with Crippen LogP contribution in [-0.2, 0) is 17.8 Å². The van der Waals surface area contributed by atoms with Gasteiger partial charge in [-0.2, -0.15) is 0 Å². The first kappa shape index (κ1) is 46.8. The van der Waals surface area contributed by atoms with Gasteiger partial charge in [-0.05, 0) is 79.5 Å². The number of aliphatic carboxylic acids is 1. The molecule has 3 aliphatic heterocycles. The number of rotatable bonds is 11. The van der Waals surface area contributed by atoms with Gasteiger partial charge in [0.2, 0.25) is 17.9 Å². The molecule has 4 N–H and O–H groups in total. The summed E-state index contributed by atoms with van der Waals surface area (Å²) in [6, 6.07) is 13.0. The van der Waals surface area contributed by atoms with E-state index < -0.39 is 24.0 Å². The van der Waals surface area contributed by atoms with Gasteiger partial charge in [-0.25, -0.2) is 39.1 Å². The van der Waals surface area contributed by atoms with Crippen molar-refractivity contribution in [1.82, 2.24) is 39.7 Å². The van der Waals surface area contributed by atoms with Gasteiger partial charge in [0.1, 0.15) is 47.8 Å². The number of halogens is 3. The van der Waals surface area contributed by atoms with E-state index in [4.69, 9.17) is 52.9 Å². The molecule has 3 aromatic carbocycles. The molecule has 3 aliphatic rings. The Morgan fingerprint density at radius 3 is 2.43 bits per heavy atom. The molecule has 7 aromatic rings. The van der Waals surface area contributed by atoms with Gasteiger partial charge < -0.3 is 40.0 Å². The van der Waals surface area contributed by atoms with Crippen LogP contribution in [0.4, 0.5) is 10.3 Å². The van der Waals surface area contributed by atoms with Crippen LogP contribution in [0.5, 0.6) is 23.1 Å². The maximum atomic E-state index is 14.4. The third kappa shape index (κ3) is 10.1. The molecule has 0 aliphatic carbocycles. The van der Waals surface area contributed by atoms with Gasteiger partial charge in [0.25, 0.3) is 0 Å². The number of fused-ring (bicyclic) bond motifs is 7. The number of thiophene rings is 1. The Bertz CT molecular complexity index is 2930. The summed E-state index contributed by atoms with van der Waals surface area (Å²) in [7, 11) is 2.10.